The summed E-state index contributed by atoms with van der Waals surface area (Å²) >= 11 is 2.43. The van der Waals surface area contributed by atoms with E-state index in [9.17, 15) is 29.8 Å². The lowest BCUT2D eigenvalue weighted by Crippen LogP contribution is -2.09. The summed E-state index contributed by atoms with van der Waals surface area (Å²) in [5, 5.41) is 3.21. The van der Waals surface area contributed by atoms with Crippen LogP contribution < -0.4 is 11.1 Å². The minimum Gasteiger partial charge on any atom is -0.398 e. The van der Waals surface area contributed by atoms with E-state index < -0.39 is 46.7 Å². The zero-order chi connectivity index (χ0) is 33.8. The third-order valence-corrected chi connectivity index (χ3v) is 9.78. The molecule has 0 saturated heterocycles. The van der Waals surface area contributed by atoms with Gasteiger partial charge in [-0.25, -0.2) is 4.98 Å². The minimum atomic E-state index is -4.51. The first-order chi connectivity index (χ1) is 20.8. The molecular formula is C22H27N5O12S6. The van der Waals surface area contributed by atoms with Crippen LogP contribution in [0.25, 0.3) is 0 Å². The average molecular weight is 746 g/mol. The van der Waals surface area contributed by atoms with Crippen LogP contribution in [0.15, 0.2) is 57.4 Å². The second-order valence-corrected chi connectivity index (χ2v) is 15.8. The average Bonchev–Trinajstić information content (AvgIpc) is 2.88. The van der Waals surface area contributed by atoms with Gasteiger partial charge in [0.05, 0.1) is 16.4 Å². The molecule has 0 aliphatic carbocycles. The predicted molar refractivity (Wildman–Crippen MR) is 166 cm³/mol. The lowest BCUT2D eigenvalue weighted by Gasteiger charge is -2.12. The summed E-state index contributed by atoms with van der Waals surface area (Å²) in [4.78, 5) is 13.4. The van der Waals surface area contributed by atoms with Gasteiger partial charge in [-0.05, 0) is 48.4 Å². The Morgan fingerprint density at radius 1 is 0.800 bits per heavy atom. The molecule has 3 aromatic rings. The summed E-state index contributed by atoms with van der Waals surface area (Å²) in [5.41, 5.74) is 7.28. The highest BCUT2D eigenvalue weighted by molar-refractivity contribution is 7.99. The maximum Gasteiger partial charge on any atom is 0.425 e. The fourth-order valence-electron chi connectivity index (χ4n) is 3.38. The van der Waals surface area contributed by atoms with E-state index in [1.807, 2.05) is 0 Å². The number of hydrogen-bond acceptors (Lipinski definition) is 16. The second-order valence-electron chi connectivity index (χ2n) is 8.68. The molecule has 0 aliphatic rings. The Balaban J connectivity index is 0.00000166. The van der Waals surface area contributed by atoms with Gasteiger partial charge in [0.15, 0.2) is 5.16 Å². The van der Waals surface area contributed by atoms with E-state index in [-0.39, 0.29) is 58.2 Å². The number of nitrogens with zero attached hydrogens (tertiary/aromatic N) is 3. The monoisotopic (exact) mass is 745 g/mol. The molecule has 248 valence electrons. The molecule has 0 spiro atoms. The molecule has 1 aromatic heterocycles. The molecule has 6 N–H and O–H groups in total. The summed E-state index contributed by atoms with van der Waals surface area (Å²) in [6, 6.07) is 10.8. The molecule has 0 atom stereocenters. The van der Waals surface area contributed by atoms with Gasteiger partial charge in [-0.3, -0.25) is 13.7 Å². The molecule has 0 amide bonds. The lowest BCUT2D eigenvalue weighted by molar-refractivity contribution is 0.480. The van der Waals surface area contributed by atoms with Gasteiger partial charge in [0.1, 0.15) is 5.82 Å². The molecule has 17 nitrogen and oxygen atoms in total. The van der Waals surface area contributed by atoms with Crippen LogP contribution in [0.4, 0.5) is 17.3 Å². The van der Waals surface area contributed by atoms with E-state index >= 15 is 0 Å². The van der Waals surface area contributed by atoms with Crippen LogP contribution in [0.5, 0.6) is 0 Å². The van der Waals surface area contributed by atoms with Crippen molar-refractivity contribution in [3.05, 3.63) is 53.9 Å². The molecule has 2 aromatic carbocycles. The fourth-order valence-corrected chi connectivity index (χ4v) is 7.18. The van der Waals surface area contributed by atoms with Crippen LogP contribution in [0.3, 0.4) is 0 Å². The van der Waals surface area contributed by atoms with Gasteiger partial charge in [-0.15, -0.1) is 24.4 Å². The van der Waals surface area contributed by atoms with E-state index in [1.165, 1.54) is 30.0 Å². The van der Waals surface area contributed by atoms with E-state index in [0.717, 1.165) is 11.8 Å². The second kappa shape index (κ2) is 17.1. The van der Waals surface area contributed by atoms with E-state index in [0.29, 0.717) is 22.0 Å². The number of anilines is 3. The quantitative estimate of drug-likeness (QED) is 0.0641. The van der Waals surface area contributed by atoms with Gasteiger partial charge in [-0.2, -0.15) is 35.2 Å². The standard InChI is InChI=1S/C22H27N5O9S5.O3S/c23-17-14-16(7-8-18(17)37-9-3-11-39(28,29)30)24-21-25-20(13-15-5-1-2-6-19(15)41(34,35)36)26-22(27-21)38-10-4-12-40(31,32)33;1-4(2)3/h1-2,5-8,14H,3-4,9-13,23H2,(H,28,29,30)(H,31,32,33)(H,34,35,36)(H,24,25,26,27);. The molecule has 0 bridgehead atoms. The van der Waals surface area contributed by atoms with Crippen molar-refractivity contribution in [1.82, 2.24) is 15.0 Å². The predicted octanol–water partition coefficient (Wildman–Crippen LogP) is 1.77. The van der Waals surface area contributed by atoms with Gasteiger partial charge < -0.3 is 11.1 Å². The molecule has 0 saturated carbocycles. The molecule has 0 unspecified atom stereocenters. The third kappa shape index (κ3) is 15.8. The Morgan fingerprint density at radius 2 is 1.38 bits per heavy atom. The van der Waals surface area contributed by atoms with Crippen molar-refractivity contribution in [2.75, 3.05) is 34.1 Å². The Labute approximate surface area is 269 Å². The van der Waals surface area contributed by atoms with Gasteiger partial charge >= 0.3 is 10.6 Å². The zero-order valence-corrected chi connectivity index (χ0v) is 27.8. The van der Waals surface area contributed by atoms with Crippen LogP contribution in [0.1, 0.15) is 24.2 Å². The van der Waals surface area contributed by atoms with Crippen molar-refractivity contribution in [3.8, 4) is 0 Å². The SMILES string of the molecule is Nc1cc(Nc2nc(Cc3ccccc3S(=O)(=O)O)nc(SCCCS(=O)(=O)O)n2)ccc1SCCCS(=O)(=O)O.O=S(=O)=O. The number of thioether (sulfide) groups is 2. The summed E-state index contributed by atoms with van der Waals surface area (Å²) in [5.74, 6) is 0.118. The molecule has 0 radical (unpaired) electrons. The Morgan fingerprint density at radius 3 is 1.93 bits per heavy atom. The molecule has 1 heterocycles. The number of hydrogen-bond donors (Lipinski definition) is 5. The highest BCUT2D eigenvalue weighted by atomic mass is 32.2. The molecule has 23 heteroatoms. The Kier molecular flexibility index (Phi) is 14.6. The van der Waals surface area contributed by atoms with Crippen molar-refractivity contribution in [2.45, 2.75) is 34.2 Å². The van der Waals surface area contributed by atoms with E-state index in [4.69, 9.17) is 27.5 Å². The molecular weight excluding hydrogens is 719 g/mol. The molecule has 3 rings (SSSR count). The van der Waals surface area contributed by atoms with Gasteiger partial charge in [0.25, 0.3) is 30.4 Å². The number of rotatable bonds is 15. The third-order valence-electron chi connectivity index (χ3n) is 5.11. The largest absolute Gasteiger partial charge is 0.425 e. The maximum atomic E-state index is 11.8. The van der Waals surface area contributed by atoms with E-state index in [1.54, 1.807) is 24.3 Å². The van der Waals surface area contributed by atoms with Gasteiger partial charge in [-0.1, -0.05) is 30.0 Å². The van der Waals surface area contributed by atoms with Gasteiger partial charge in [0.2, 0.25) is 5.95 Å². The summed E-state index contributed by atoms with van der Waals surface area (Å²) in [6.45, 7) is 0. The van der Waals surface area contributed by atoms with E-state index in [2.05, 4.69) is 20.3 Å². The molecule has 45 heavy (non-hydrogen) atoms. The first kappa shape index (κ1) is 38.3. The minimum absolute atomic E-state index is 0.0764. The Hall–Kier alpha value is -2.90. The van der Waals surface area contributed by atoms with Crippen molar-refractivity contribution >= 4 is 81.8 Å². The number of nitrogen functional groups attached to an aromatic ring is 1. The van der Waals surface area contributed by atoms with Crippen molar-refractivity contribution in [2.24, 2.45) is 0 Å². The number of nitrogens with one attached hydrogen (secondary N) is 1. The van der Waals surface area contributed by atoms with Crippen molar-refractivity contribution in [3.63, 3.8) is 0 Å². The number of nitrogens with two attached hydrogens (primary N) is 1. The van der Waals surface area contributed by atoms with Crippen LogP contribution in [0, 0.1) is 0 Å². The highest BCUT2D eigenvalue weighted by Gasteiger charge is 2.17. The Bertz CT molecular complexity index is 1920. The topological polar surface area (TPSA) is 291 Å². The fraction of sp³-hybridized carbons (Fsp3) is 0.318. The summed E-state index contributed by atoms with van der Waals surface area (Å²) < 4.78 is 120. The normalized spacial score (nSPS) is 11.8. The number of aromatic nitrogens is 3. The maximum absolute atomic E-state index is 11.8. The summed E-state index contributed by atoms with van der Waals surface area (Å²) in [6.07, 6.45) is 0.285. The number of benzene rings is 2. The van der Waals surface area contributed by atoms with Crippen LogP contribution in [0.2, 0.25) is 0 Å². The lowest BCUT2D eigenvalue weighted by atomic mass is 10.1. The zero-order valence-electron chi connectivity index (χ0n) is 22.9. The first-order valence-corrected chi connectivity index (χ1v) is 19.8. The van der Waals surface area contributed by atoms with Crippen molar-refractivity contribution in [1.29, 1.82) is 0 Å². The molecule has 0 fully saturated rings. The van der Waals surface area contributed by atoms with Crippen LogP contribution in [-0.2, 0) is 47.4 Å². The van der Waals surface area contributed by atoms with Crippen molar-refractivity contribution < 1.29 is 51.5 Å². The van der Waals surface area contributed by atoms with Gasteiger partial charge in [0, 0.05) is 28.4 Å². The van der Waals surface area contributed by atoms with Crippen LogP contribution >= 0.6 is 23.5 Å². The highest BCUT2D eigenvalue weighted by Crippen LogP contribution is 2.29. The smallest absolute Gasteiger partial charge is 0.398 e. The first-order valence-electron chi connectivity index (χ1n) is 12.2. The summed E-state index contributed by atoms with van der Waals surface area (Å²) in [7, 11) is -15.8. The molecule has 0 aliphatic heterocycles. The van der Waals surface area contributed by atoms with Crippen LogP contribution in [-0.4, -0.2) is 89.5 Å².